The van der Waals surface area contributed by atoms with Gasteiger partial charge >= 0.3 is 0 Å². The average molecular weight is 289 g/mol. The summed E-state index contributed by atoms with van der Waals surface area (Å²) < 4.78 is 25.9. The van der Waals surface area contributed by atoms with Crippen molar-refractivity contribution in [3.05, 3.63) is 36.9 Å². The first-order valence-electron chi connectivity index (χ1n) is 5.38. The number of rotatable bonds is 6. The van der Waals surface area contributed by atoms with Crippen molar-refractivity contribution in [2.24, 2.45) is 5.10 Å². The highest BCUT2D eigenvalue weighted by Crippen LogP contribution is 2.13. The van der Waals surface area contributed by atoms with E-state index in [1.165, 1.54) is 30.3 Å². The van der Waals surface area contributed by atoms with Gasteiger partial charge in [-0.1, -0.05) is 6.08 Å². The third-order valence-electron chi connectivity index (χ3n) is 2.09. The molecule has 0 saturated carbocycles. The van der Waals surface area contributed by atoms with Gasteiger partial charge in [0.05, 0.1) is 10.6 Å². The molecule has 0 aromatic heterocycles. The summed E-state index contributed by atoms with van der Waals surface area (Å²) in [4.78, 5) is 0.0923. The smallest absolute Gasteiger partial charge is 0.240 e. The minimum Gasteiger partial charge on any atom is -0.277 e. The molecule has 1 rings (SSSR count). The van der Waals surface area contributed by atoms with Crippen LogP contribution >= 0.6 is 0 Å². The number of hydrogen-bond acceptors (Lipinski definition) is 6. The summed E-state index contributed by atoms with van der Waals surface area (Å²) >= 11 is 0. The lowest BCUT2D eigenvalue weighted by molar-refractivity contribution is 0.585. The molecule has 1 aromatic carbocycles. The summed E-state index contributed by atoms with van der Waals surface area (Å²) in [5.41, 5.74) is 2.61. The Labute approximate surface area is 116 Å². The SMILES string of the molecule is C=CCNS(=O)(=O)c1ccc(NN=C(C#N)C#N)cc1. The van der Waals surface area contributed by atoms with Crippen LogP contribution in [0.1, 0.15) is 0 Å². The quantitative estimate of drug-likeness (QED) is 0.459. The normalized spacial score (nSPS) is 9.90. The first-order valence-corrected chi connectivity index (χ1v) is 6.86. The molecular formula is C12H11N5O2S. The van der Waals surface area contributed by atoms with Crippen molar-refractivity contribution in [1.29, 1.82) is 10.5 Å². The molecule has 0 spiro atoms. The zero-order valence-corrected chi connectivity index (χ0v) is 11.2. The largest absolute Gasteiger partial charge is 0.277 e. The molecule has 0 atom stereocenters. The molecule has 7 nitrogen and oxygen atoms in total. The van der Waals surface area contributed by atoms with Crippen molar-refractivity contribution in [3.63, 3.8) is 0 Å². The standard InChI is InChI=1S/C12H11N5O2S/c1-2-7-15-20(18,19)12-5-3-10(4-6-12)16-17-11(8-13)9-14/h2-6,15-16H,1,7H2. The Morgan fingerprint density at radius 3 is 2.40 bits per heavy atom. The molecule has 0 heterocycles. The van der Waals surface area contributed by atoms with Gasteiger partial charge in [0.15, 0.2) is 0 Å². The minimum atomic E-state index is -3.57. The second-order valence-electron chi connectivity index (χ2n) is 3.46. The summed E-state index contributed by atoms with van der Waals surface area (Å²) in [6.07, 6.45) is 1.44. The summed E-state index contributed by atoms with van der Waals surface area (Å²) in [6, 6.07) is 8.88. The number of sulfonamides is 1. The molecule has 2 N–H and O–H groups in total. The van der Waals surface area contributed by atoms with Crippen molar-refractivity contribution in [3.8, 4) is 12.1 Å². The molecule has 0 unspecified atom stereocenters. The van der Waals surface area contributed by atoms with Gasteiger partial charge in [-0.25, -0.2) is 13.1 Å². The van der Waals surface area contributed by atoms with Gasteiger partial charge in [0, 0.05) is 6.54 Å². The predicted octanol–water partition coefficient (Wildman–Crippen LogP) is 0.966. The van der Waals surface area contributed by atoms with Crippen LogP contribution in [0.15, 0.2) is 46.9 Å². The first-order chi connectivity index (χ1) is 9.53. The zero-order valence-electron chi connectivity index (χ0n) is 10.4. The molecule has 0 fully saturated rings. The molecule has 20 heavy (non-hydrogen) atoms. The number of hydrogen-bond donors (Lipinski definition) is 2. The van der Waals surface area contributed by atoms with E-state index in [4.69, 9.17) is 10.5 Å². The van der Waals surface area contributed by atoms with E-state index in [0.29, 0.717) is 5.69 Å². The fraction of sp³-hybridized carbons (Fsp3) is 0.0833. The Morgan fingerprint density at radius 1 is 1.30 bits per heavy atom. The van der Waals surface area contributed by atoms with E-state index >= 15 is 0 Å². The molecule has 1 aromatic rings. The summed E-state index contributed by atoms with van der Waals surface area (Å²) in [6.45, 7) is 3.56. The van der Waals surface area contributed by atoms with E-state index < -0.39 is 10.0 Å². The maximum atomic E-state index is 11.8. The van der Waals surface area contributed by atoms with Gasteiger partial charge in [-0.15, -0.1) is 6.58 Å². The lowest BCUT2D eigenvalue weighted by Gasteiger charge is -2.05. The van der Waals surface area contributed by atoms with E-state index in [1.54, 1.807) is 12.1 Å². The Bertz CT molecular complexity index is 677. The molecule has 0 aliphatic rings. The number of hydrazone groups is 1. The minimum absolute atomic E-state index is 0.0923. The Balaban J connectivity index is 2.85. The van der Waals surface area contributed by atoms with Crippen LogP contribution in [-0.2, 0) is 10.0 Å². The molecule has 0 amide bonds. The molecule has 0 bridgehead atoms. The van der Waals surface area contributed by atoms with Crippen molar-refractivity contribution in [2.45, 2.75) is 4.90 Å². The summed E-state index contributed by atoms with van der Waals surface area (Å²) in [5.74, 6) is 0. The van der Waals surface area contributed by atoms with Crippen LogP contribution in [0.2, 0.25) is 0 Å². The fourth-order valence-electron chi connectivity index (χ4n) is 1.16. The van der Waals surface area contributed by atoms with Crippen molar-refractivity contribution in [1.82, 2.24) is 4.72 Å². The summed E-state index contributed by atoms with van der Waals surface area (Å²) in [5, 5.41) is 20.5. The lowest BCUT2D eigenvalue weighted by atomic mass is 10.3. The van der Waals surface area contributed by atoms with Gasteiger partial charge in [0.1, 0.15) is 12.1 Å². The summed E-state index contributed by atoms with van der Waals surface area (Å²) in [7, 11) is -3.57. The van der Waals surface area contributed by atoms with Crippen LogP contribution in [0.4, 0.5) is 5.69 Å². The van der Waals surface area contributed by atoms with Gasteiger partial charge in [-0.2, -0.15) is 15.6 Å². The van der Waals surface area contributed by atoms with Gasteiger partial charge in [-0.3, -0.25) is 5.43 Å². The van der Waals surface area contributed by atoms with E-state index in [-0.39, 0.29) is 17.2 Å². The number of nitrogens with zero attached hydrogens (tertiary/aromatic N) is 3. The second-order valence-corrected chi connectivity index (χ2v) is 5.23. The van der Waals surface area contributed by atoms with Crippen molar-refractivity contribution in [2.75, 3.05) is 12.0 Å². The molecule has 0 saturated heterocycles. The van der Waals surface area contributed by atoms with Crippen LogP contribution < -0.4 is 10.1 Å². The van der Waals surface area contributed by atoms with Gasteiger partial charge in [0.25, 0.3) is 0 Å². The van der Waals surface area contributed by atoms with E-state index in [2.05, 4.69) is 21.8 Å². The number of nitriles is 2. The van der Waals surface area contributed by atoms with E-state index in [1.807, 2.05) is 0 Å². The van der Waals surface area contributed by atoms with Crippen LogP contribution in [0.3, 0.4) is 0 Å². The molecular weight excluding hydrogens is 278 g/mol. The highest BCUT2D eigenvalue weighted by atomic mass is 32.2. The number of nitrogens with one attached hydrogen (secondary N) is 2. The average Bonchev–Trinajstić information content (AvgIpc) is 2.47. The number of anilines is 1. The topological polar surface area (TPSA) is 118 Å². The van der Waals surface area contributed by atoms with Crippen LogP contribution in [0, 0.1) is 22.7 Å². The molecule has 102 valence electrons. The Morgan fingerprint density at radius 2 is 1.90 bits per heavy atom. The second kappa shape index (κ2) is 7.04. The van der Waals surface area contributed by atoms with Crippen molar-refractivity contribution < 1.29 is 8.42 Å². The molecule has 0 aliphatic heterocycles. The zero-order chi connectivity index (χ0) is 15.0. The first kappa shape index (κ1) is 15.4. The fourth-order valence-corrected chi connectivity index (χ4v) is 2.15. The van der Waals surface area contributed by atoms with Crippen molar-refractivity contribution >= 4 is 21.4 Å². The highest BCUT2D eigenvalue weighted by Gasteiger charge is 2.11. The highest BCUT2D eigenvalue weighted by molar-refractivity contribution is 7.89. The van der Waals surface area contributed by atoms with Crippen LogP contribution in [0.5, 0.6) is 0 Å². The van der Waals surface area contributed by atoms with Gasteiger partial charge < -0.3 is 0 Å². The predicted molar refractivity (Wildman–Crippen MR) is 74.1 cm³/mol. The number of benzene rings is 1. The maximum Gasteiger partial charge on any atom is 0.240 e. The molecule has 0 aliphatic carbocycles. The van der Waals surface area contributed by atoms with Crippen LogP contribution in [-0.4, -0.2) is 20.7 Å². The maximum absolute atomic E-state index is 11.8. The molecule has 0 radical (unpaired) electrons. The van der Waals surface area contributed by atoms with Gasteiger partial charge in [-0.05, 0) is 24.3 Å². The lowest BCUT2D eigenvalue weighted by Crippen LogP contribution is -2.23. The van der Waals surface area contributed by atoms with E-state index in [0.717, 1.165) is 0 Å². The monoisotopic (exact) mass is 289 g/mol. The third-order valence-corrected chi connectivity index (χ3v) is 3.53. The third kappa shape index (κ3) is 4.21. The Hall–Kier alpha value is -2.68. The molecule has 8 heteroatoms. The van der Waals surface area contributed by atoms with Gasteiger partial charge in [0.2, 0.25) is 15.7 Å². The van der Waals surface area contributed by atoms with Crippen LogP contribution in [0.25, 0.3) is 0 Å². The van der Waals surface area contributed by atoms with E-state index in [9.17, 15) is 8.42 Å². The Kier molecular flexibility index (Phi) is 5.42.